The third-order valence-electron chi connectivity index (χ3n) is 3.22. The van der Waals surface area contributed by atoms with Crippen LogP contribution in [0.2, 0.25) is 5.02 Å². The van der Waals surface area contributed by atoms with Gasteiger partial charge in [-0.25, -0.2) is 0 Å². The van der Waals surface area contributed by atoms with E-state index in [2.05, 4.69) is 35.7 Å². The molecule has 2 aromatic rings. The van der Waals surface area contributed by atoms with Crippen molar-refractivity contribution in [3.63, 3.8) is 0 Å². The summed E-state index contributed by atoms with van der Waals surface area (Å²) < 4.78 is 1.85. The van der Waals surface area contributed by atoms with Gasteiger partial charge in [0.2, 0.25) is 0 Å². The molecule has 0 spiro atoms. The van der Waals surface area contributed by atoms with Gasteiger partial charge in [-0.1, -0.05) is 23.7 Å². The monoisotopic (exact) mass is 277 g/mol. The highest BCUT2D eigenvalue weighted by molar-refractivity contribution is 6.30. The number of aromatic nitrogens is 2. The van der Waals surface area contributed by atoms with E-state index in [0.29, 0.717) is 6.04 Å². The number of rotatable bonds is 6. The molecule has 0 saturated heterocycles. The van der Waals surface area contributed by atoms with Crippen LogP contribution in [0.3, 0.4) is 0 Å². The van der Waals surface area contributed by atoms with Crippen molar-refractivity contribution < 1.29 is 0 Å². The number of hydrogen-bond donors (Lipinski definition) is 1. The smallest absolute Gasteiger partial charge is 0.0521 e. The van der Waals surface area contributed by atoms with Gasteiger partial charge in [0, 0.05) is 24.3 Å². The Morgan fingerprint density at radius 1 is 1.32 bits per heavy atom. The molecule has 1 atom stereocenters. The lowest BCUT2D eigenvalue weighted by Gasteiger charge is -2.14. The summed E-state index contributed by atoms with van der Waals surface area (Å²) in [5.41, 5.74) is 2.56. The molecule has 0 aliphatic carbocycles. The maximum absolute atomic E-state index is 5.88. The van der Waals surface area contributed by atoms with Gasteiger partial charge in [0.05, 0.1) is 6.20 Å². The molecule has 0 unspecified atom stereocenters. The zero-order valence-corrected chi connectivity index (χ0v) is 12.2. The Balaban J connectivity index is 1.72. The van der Waals surface area contributed by atoms with E-state index >= 15 is 0 Å². The first-order valence-electron chi connectivity index (χ1n) is 6.61. The van der Waals surface area contributed by atoms with Gasteiger partial charge in [-0.05, 0) is 49.6 Å². The van der Waals surface area contributed by atoms with Crippen LogP contribution < -0.4 is 5.32 Å². The second-order valence-electron chi connectivity index (χ2n) is 4.85. The average molecular weight is 278 g/mol. The van der Waals surface area contributed by atoms with Crippen LogP contribution in [0.4, 0.5) is 0 Å². The van der Waals surface area contributed by atoms with Crippen molar-refractivity contribution >= 4 is 11.6 Å². The molecule has 0 amide bonds. The fourth-order valence-corrected chi connectivity index (χ4v) is 2.21. The molecule has 0 saturated carbocycles. The minimum atomic E-state index is 0.353. The van der Waals surface area contributed by atoms with E-state index in [0.717, 1.165) is 24.4 Å². The first kappa shape index (κ1) is 14.1. The van der Waals surface area contributed by atoms with Crippen molar-refractivity contribution in [3.8, 4) is 0 Å². The van der Waals surface area contributed by atoms with E-state index in [9.17, 15) is 0 Å². The molecule has 3 nitrogen and oxygen atoms in total. The van der Waals surface area contributed by atoms with E-state index in [1.54, 1.807) is 0 Å². The molecule has 102 valence electrons. The lowest BCUT2D eigenvalue weighted by atomic mass is 10.1. The van der Waals surface area contributed by atoms with Gasteiger partial charge in [-0.3, -0.25) is 4.68 Å². The van der Waals surface area contributed by atoms with Crippen molar-refractivity contribution in [2.24, 2.45) is 7.05 Å². The van der Waals surface area contributed by atoms with Gasteiger partial charge >= 0.3 is 0 Å². The summed E-state index contributed by atoms with van der Waals surface area (Å²) >= 11 is 5.88. The molecule has 4 heteroatoms. The van der Waals surface area contributed by atoms with Crippen LogP contribution in [0.15, 0.2) is 36.7 Å². The summed E-state index contributed by atoms with van der Waals surface area (Å²) in [5, 5.41) is 8.48. The van der Waals surface area contributed by atoms with E-state index in [4.69, 9.17) is 11.6 Å². The first-order chi connectivity index (χ1) is 9.15. The fourth-order valence-electron chi connectivity index (χ4n) is 2.08. The standard InChI is InChI=1S/C15H20ClN3/c1-12(14-5-7-15(16)8-6-14)17-9-3-4-13-10-18-19(2)11-13/h5-8,10-12,17H,3-4,9H2,1-2H3/t12-/m0/s1. The van der Waals surface area contributed by atoms with E-state index in [1.807, 2.05) is 30.1 Å². The Kier molecular flexibility index (Phi) is 5.00. The van der Waals surface area contributed by atoms with E-state index in [-0.39, 0.29) is 0 Å². The van der Waals surface area contributed by atoms with Crippen molar-refractivity contribution in [3.05, 3.63) is 52.8 Å². The van der Waals surface area contributed by atoms with Crippen LogP contribution in [0.5, 0.6) is 0 Å². The Bertz CT molecular complexity index is 504. The van der Waals surface area contributed by atoms with Crippen LogP contribution in [0, 0.1) is 0 Å². The van der Waals surface area contributed by atoms with Crippen LogP contribution in [0.1, 0.15) is 30.5 Å². The first-order valence-corrected chi connectivity index (χ1v) is 6.99. The maximum Gasteiger partial charge on any atom is 0.0521 e. The topological polar surface area (TPSA) is 29.9 Å². The molecule has 1 heterocycles. The number of aryl methyl sites for hydroxylation is 2. The molecule has 0 aliphatic rings. The maximum atomic E-state index is 5.88. The molecule has 0 fully saturated rings. The SMILES string of the molecule is C[C@H](NCCCc1cnn(C)c1)c1ccc(Cl)cc1. The Morgan fingerprint density at radius 3 is 2.68 bits per heavy atom. The summed E-state index contributed by atoms with van der Waals surface area (Å²) in [4.78, 5) is 0. The van der Waals surface area contributed by atoms with Crippen LogP contribution >= 0.6 is 11.6 Å². The fraction of sp³-hybridized carbons (Fsp3) is 0.400. The third-order valence-corrected chi connectivity index (χ3v) is 3.47. The van der Waals surface area contributed by atoms with Gasteiger partial charge in [-0.2, -0.15) is 5.10 Å². The summed E-state index contributed by atoms with van der Waals surface area (Å²) in [5.74, 6) is 0. The third kappa shape index (κ3) is 4.37. The quantitative estimate of drug-likeness (QED) is 0.821. The number of nitrogens with one attached hydrogen (secondary N) is 1. The molecule has 0 aliphatic heterocycles. The molecule has 1 aromatic carbocycles. The molecule has 1 N–H and O–H groups in total. The molecular formula is C15H20ClN3. The predicted molar refractivity (Wildman–Crippen MR) is 79.4 cm³/mol. The molecular weight excluding hydrogens is 258 g/mol. The lowest BCUT2D eigenvalue weighted by Crippen LogP contribution is -2.20. The number of hydrogen-bond acceptors (Lipinski definition) is 2. The molecule has 0 radical (unpaired) electrons. The van der Waals surface area contributed by atoms with E-state index < -0.39 is 0 Å². The van der Waals surface area contributed by atoms with Crippen molar-refractivity contribution in [1.82, 2.24) is 15.1 Å². The summed E-state index contributed by atoms with van der Waals surface area (Å²) in [6.45, 7) is 3.17. The van der Waals surface area contributed by atoms with Crippen molar-refractivity contribution in [2.45, 2.75) is 25.8 Å². The van der Waals surface area contributed by atoms with Crippen LogP contribution in [0.25, 0.3) is 0 Å². The second kappa shape index (κ2) is 6.73. The average Bonchev–Trinajstić information content (AvgIpc) is 2.81. The summed E-state index contributed by atoms with van der Waals surface area (Å²) in [6.07, 6.45) is 6.18. The predicted octanol–water partition coefficient (Wildman–Crippen LogP) is 3.36. The molecule has 1 aromatic heterocycles. The normalized spacial score (nSPS) is 12.6. The number of nitrogens with zero attached hydrogens (tertiary/aromatic N) is 2. The van der Waals surface area contributed by atoms with Crippen LogP contribution in [-0.2, 0) is 13.5 Å². The highest BCUT2D eigenvalue weighted by Crippen LogP contribution is 2.15. The van der Waals surface area contributed by atoms with Gasteiger partial charge in [0.15, 0.2) is 0 Å². The largest absolute Gasteiger partial charge is 0.310 e. The number of halogens is 1. The summed E-state index contributed by atoms with van der Waals surface area (Å²) in [7, 11) is 1.95. The minimum absolute atomic E-state index is 0.353. The zero-order valence-electron chi connectivity index (χ0n) is 11.4. The van der Waals surface area contributed by atoms with Gasteiger partial charge < -0.3 is 5.32 Å². The van der Waals surface area contributed by atoms with Gasteiger partial charge in [0.25, 0.3) is 0 Å². The zero-order chi connectivity index (χ0) is 13.7. The minimum Gasteiger partial charge on any atom is -0.310 e. The Hall–Kier alpha value is -1.32. The summed E-state index contributed by atoms with van der Waals surface area (Å²) in [6, 6.07) is 8.36. The Labute approximate surface area is 119 Å². The van der Waals surface area contributed by atoms with Gasteiger partial charge in [0.1, 0.15) is 0 Å². The van der Waals surface area contributed by atoms with Gasteiger partial charge in [-0.15, -0.1) is 0 Å². The van der Waals surface area contributed by atoms with Crippen molar-refractivity contribution in [1.29, 1.82) is 0 Å². The lowest BCUT2D eigenvalue weighted by molar-refractivity contribution is 0.558. The number of benzene rings is 1. The molecule has 2 rings (SSSR count). The second-order valence-corrected chi connectivity index (χ2v) is 5.29. The van der Waals surface area contributed by atoms with E-state index in [1.165, 1.54) is 11.1 Å². The highest BCUT2D eigenvalue weighted by atomic mass is 35.5. The Morgan fingerprint density at radius 2 is 2.05 bits per heavy atom. The molecule has 19 heavy (non-hydrogen) atoms. The van der Waals surface area contributed by atoms with Crippen molar-refractivity contribution in [2.75, 3.05) is 6.54 Å². The molecule has 0 bridgehead atoms. The van der Waals surface area contributed by atoms with Crippen LogP contribution in [-0.4, -0.2) is 16.3 Å². The highest BCUT2D eigenvalue weighted by Gasteiger charge is 2.04.